The Morgan fingerprint density at radius 1 is 0.966 bits per heavy atom. The van der Waals surface area contributed by atoms with E-state index in [1.807, 2.05) is 36.4 Å². The molecule has 0 radical (unpaired) electrons. The molecule has 0 fully saturated rings. The van der Waals surface area contributed by atoms with Crippen LogP contribution in [-0.4, -0.2) is 41.0 Å². The maximum atomic E-state index is 13.1. The molecule has 146 valence electrons. The van der Waals surface area contributed by atoms with Crippen molar-refractivity contribution < 1.29 is 19.2 Å². The number of hydroxylamine groups is 2. The number of nitrogens with zero attached hydrogens (tertiary/aromatic N) is 2. The van der Waals surface area contributed by atoms with E-state index in [9.17, 15) is 9.59 Å². The van der Waals surface area contributed by atoms with Gasteiger partial charge in [-0.05, 0) is 41.4 Å². The number of imide groups is 1. The topological polar surface area (TPSA) is 59.1 Å². The Hall–Kier alpha value is -3.29. The summed E-state index contributed by atoms with van der Waals surface area (Å²) in [5.74, 6) is -0.591. The molecule has 0 aromatic heterocycles. The predicted octanol–water partition coefficient (Wildman–Crippen LogP) is 3.79. The second-order valence-electron chi connectivity index (χ2n) is 6.80. The number of hydrogen-bond acceptors (Lipinski definition) is 5. The van der Waals surface area contributed by atoms with E-state index in [4.69, 9.17) is 21.8 Å². The lowest BCUT2D eigenvalue weighted by Gasteiger charge is -2.26. The second-order valence-corrected chi connectivity index (χ2v) is 7.15. The summed E-state index contributed by atoms with van der Waals surface area (Å²) in [6.07, 6.45) is 0. The van der Waals surface area contributed by atoms with Crippen molar-refractivity contribution in [2.45, 2.75) is 6.61 Å². The lowest BCUT2D eigenvalue weighted by atomic mass is 9.94. The average Bonchev–Trinajstić information content (AvgIpc) is 2.72. The van der Waals surface area contributed by atoms with Gasteiger partial charge in [0.15, 0.2) is 0 Å². The first-order chi connectivity index (χ1) is 14.0. The monoisotopic (exact) mass is 406 g/mol. The molecule has 0 saturated carbocycles. The van der Waals surface area contributed by atoms with Crippen molar-refractivity contribution in [2.24, 2.45) is 0 Å². The summed E-state index contributed by atoms with van der Waals surface area (Å²) in [4.78, 5) is 33.3. The van der Waals surface area contributed by atoms with Crippen LogP contribution in [0.2, 0.25) is 0 Å². The van der Waals surface area contributed by atoms with Gasteiger partial charge in [-0.15, -0.1) is 5.06 Å². The van der Waals surface area contributed by atoms with Crippen LogP contribution in [0, 0.1) is 0 Å². The molecule has 0 bridgehead atoms. The third-order valence-corrected chi connectivity index (χ3v) is 5.00. The minimum Gasteiger partial charge on any atom is -0.432 e. The first kappa shape index (κ1) is 19.0. The Labute approximate surface area is 173 Å². The molecule has 4 rings (SSSR count). The van der Waals surface area contributed by atoms with E-state index < -0.39 is 11.8 Å². The smallest absolute Gasteiger partial charge is 0.285 e. The van der Waals surface area contributed by atoms with Crippen LogP contribution < -0.4 is 4.74 Å². The van der Waals surface area contributed by atoms with Gasteiger partial charge in [-0.1, -0.05) is 42.5 Å². The molecule has 1 aliphatic heterocycles. The van der Waals surface area contributed by atoms with Crippen LogP contribution in [-0.2, 0) is 11.4 Å². The van der Waals surface area contributed by atoms with Crippen LogP contribution in [0.15, 0.2) is 60.7 Å². The summed E-state index contributed by atoms with van der Waals surface area (Å²) >= 11 is 5.20. The van der Waals surface area contributed by atoms with Gasteiger partial charge < -0.3 is 9.64 Å². The van der Waals surface area contributed by atoms with E-state index in [1.54, 1.807) is 43.3 Å². The lowest BCUT2D eigenvalue weighted by Crippen LogP contribution is -2.40. The molecule has 3 aromatic rings. The van der Waals surface area contributed by atoms with E-state index in [0.29, 0.717) is 22.3 Å². The van der Waals surface area contributed by atoms with E-state index in [-0.39, 0.29) is 11.8 Å². The van der Waals surface area contributed by atoms with Gasteiger partial charge in [-0.2, -0.15) is 0 Å². The van der Waals surface area contributed by atoms with Gasteiger partial charge in [0, 0.05) is 19.5 Å². The highest BCUT2D eigenvalue weighted by molar-refractivity contribution is 7.80. The van der Waals surface area contributed by atoms with Gasteiger partial charge in [0.1, 0.15) is 12.4 Å². The molecular weight excluding hydrogens is 388 g/mol. The number of carbonyl (C=O) groups excluding carboxylic acids is 2. The summed E-state index contributed by atoms with van der Waals surface area (Å²) in [6, 6.07) is 18.0. The van der Waals surface area contributed by atoms with E-state index in [2.05, 4.69) is 0 Å². The molecule has 0 spiro atoms. The number of amides is 2. The molecule has 1 heterocycles. The van der Waals surface area contributed by atoms with Crippen LogP contribution in [0.1, 0.15) is 26.3 Å². The largest absolute Gasteiger partial charge is 0.432 e. The number of rotatable bonds is 4. The molecule has 7 heteroatoms. The highest BCUT2D eigenvalue weighted by Crippen LogP contribution is 2.34. The van der Waals surface area contributed by atoms with Gasteiger partial charge >= 0.3 is 0 Å². The number of carbonyl (C=O) groups is 2. The Morgan fingerprint density at radius 2 is 1.69 bits per heavy atom. The lowest BCUT2D eigenvalue weighted by molar-refractivity contribution is -0.104. The minimum absolute atomic E-state index is 0.102. The molecule has 2 amide bonds. The predicted molar refractivity (Wildman–Crippen MR) is 113 cm³/mol. The van der Waals surface area contributed by atoms with Crippen LogP contribution in [0.25, 0.3) is 10.8 Å². The summed E-state index contributed by atoms with van der Waals surface area (Å²) in [6.45, 7) is 0.102. The van der Waals surface area contributed by atoms with E-state index in [0.717, 1.165) is 16.0 Å². The maximum absolute atomic E-state index is 13.1. The van der Waals surface area contributed by atoms with Crippen molar-refractivity contribution in [3.05, 3.63) is 77.4 Å². The van der Waals surface area contributed by atoms with E-state index in [1.165, 1.54) is 0 Å². The third kappa shape index (κ3) is 3.57. The summed E-state index contributed by atoms with van der Waals surface area (Å²) in [7, 11) is 3.54. The number of thiocarbonyl (C=S) groups is 1. The van der Waals surface area contributed by atoms with Crippen molar-refractivity contribution in [2.75, 3.05) is 14.1 Å². The van der Waals surface area contributed by atoms with Crippen molar-refractivity contribution >= 4 is 40.0 Å². The zero-order chi connectivity index (χ0) is 20.5. The molecule has 0 atom stereocenters. The van der Waals surface area contributed by atoms with Crippen molar-refractivity contribution in [1.82, 2.24) is 9.96 Å². The first-order valence-electron chi connectivity index (χ1n) is 8.97. The molecule has 29 heavy (non-hydrogen) atoms. The molecule has 3 aromatic carbocycles. The standard InChI is InChI=1S/C22H18N2O4S/c1-23(2)22(29)28-16-11-15-9-6-10-17-19(15)18(12-16)21(26)24(20(17)25)27-13-14-7-4-3-5-8-14/h3-12H,13H2,1-2H3. The van der Waals surface area contributed by atoms with Crippen molar-refractivity contribution in [1.29, 1.82) is 0 Å². The number of ether oxygens (including phenoxy) is 1. The van der Waals surface area contributed by atoms with Crippen molar-refractivity contribution in [3.63, 3.8) is 0 Å². The zero-order valence-corrected chi connectivity index (χ0v) is 16.7. The van der Waals surface area contributed by atoms with Gasteiger partial charge in [-0.25, -0.2) is 0 Å². The summed E-state index contributed by atoms with van der Waals surface area (Å²) in [5.41, 5.74) is 1.60. The average molecular weight is 406 g/mol. The second kappa shape index (κ2) is 7.62. The van der Waals surface area contributed by atoms with Gasteiger partial charge in [0.25, 0.3) is 17.0 Å². The SMILES string of the molecule is CN(C)C(=S)Oc1cc2c3c(cccc3c1)C(=O)N(OCc1ccccc1)C2=O. The van der Waals surface area contributed by atoms with Crippen LogP contribution in [0.4, 0.5) is 0 Å². The Kier molecular flexibility index (Phi) is 5.00. The van der Waals surface area contributed by atoms with Gasteiger partial charge in [-0.3, -0.25) is 14.4 Å². The fraction of sp³-hybridized carbons (Fsp3) is 0.136. The van der Waals surface area contributed by atoms with Gasteiger partial charge in [0.05, 0.1) is 11.1 Å². The highest BCUT2D eigenvalue weighted by atomic mass is 32.1. The molecule has 1 aliphatic rings. The van der Waals surface area contributed by atoms with E-state index >= 15 is 0 Å². The quantitative estimate of drug-likeness (QED) is 0.485. The number of hydrogen-bond donors (Lipinski definition) is 0. The minimum atomic E-state index is -0.532. The molecular formula is C22H18N2O4S. The molecule has 0 unspecified atom stereocenters. The number of benzene rings is 3. The molecule has 0 saturated heterocycles. The Morgan fingerprint density at radius 3 is 2.41 bits per heavy atom. The fourth-order valence-corrected chi connectivity index (χ4v) is 3.24. The zero-order valence-electron chi connectivity index (χ0n) is 15.9. The van der Waals surface area contributed by atoms with Crippen LogP contribution in [0.3, 0.4) is 0 Å². The summed E-state index contributed by atoms with van der Waals surface area (Å²) in [5, 5.41) is 2.40. The van der Waals surface area contributed by atoms with Crippen LogP contribution in [0.5, 0.6) is 5.75 Å². The van der Waals surface area contributed by atoms with Gasteiger partial charge in [0.2, 0.25) is 0 Å². The molecule has 0 N–H and O–H groups in total. The Bertz CT molecular complexity index is 1130. The fourth-order valence-electron chi connectivity index (χ4n) is 3.14. The van der Waals surface area contributed by atoms with Crippen LogP contribution >= 0.6 is 12.2 Å². The maximum Gasteiger partial charge on any atom is 0.285 e. The summed E-state index contributed by atoms with van der Waals surface area (Å²) < 4.78 is 5.69. The molecule has 0 aliphatic carbocycles. The van der Waals surface area contributed by atoms with Crippen molar-refractivity contribution in [3.8, 4) is 5.75 Å². The first-order valence-corrected chi connectivity index (χ1v) is 9.38. The highest BCUT2D eigenvalue weighted by Gasteiger charge is 2.34. The Balaban J connectivity index is 1.72. The molecule has 6 nitrogen and oxygen atoms in total. The third-order valence-electron chi connectivity index (χ3n) is 4.55. The normalized spacial score (nSPS) is 13.0.